The number of ether oxygens (including phenoxy) is 2. The topological polar surface area (TPSA) is 116 Å². The number of methoxy groups -OCH3 is 1. The van der Waals surface area contributed by atoms with E-state index in [1.165, 1.54) is 49.7 Å². The monoisotopic (exact) mass is 497 g/mol. The number of fused-ring (bicyclic) bond motifs is 1. The third kappa shape index (κ3) is 5.39. The smallest absolute Gasteiger partial charge is 0.307 e. The summed E-state index contributed by atoms with van der Waals surface area (Å²) < 4.78 is 30.3. The van der Waals surface area contributed by atoms with Crippen molar-refractivity contribution in [2.45, 2.75) is 6.61 Å². The van der Waals surface area contributed by atoms with Crippen LogP contribution in [-0.2, 0) is 6.61 Å². The number of carbonyl (C=O) groups is 1. The van der Waals surface area contributed by atoms with Crippen LogP contribution in [0.1, 0.15) is 21.7 Å². The van der Waals surface area contributed by atoms with E-state index in [4.69, 9.17) is 25.5 Å². The van der Waals surface area contributed by atoms with Gasteiger partial charge in [0.2, 0.25) is 0 Å². The highest BCUT2D eigenvalue weighted by molar-refractivity contribution is 6.32. The first kappa shape index (κ1) is 23.7. The lowest BCUT2D eigenvalue weighted by Gasteiger charge is -2.13. The number of hydrogen-bond donors (Lipinski definition) is 1. The Morgan fingerprint density at radius 1 is 1.23 bits per heavy atom. The van der Waals surface area contributed by atoms with Crippen molar-refractivity contribution in [1.29, 1.82) is 0 Å². The van der Waals surface area contributed by atoms with E-state index < -0.39 is 16.6 Å². The van der Waals surface area contributed by atoms with Crippen LogP contribution in [0.25, 0.3) is 11.0 Å². The quantitative estimate of drug-likeness (QED) is 0.195. The number of hydrogen-bond acceptors (Lipinski definition) is 7. The number of benzene rings is 3. The van der Waals surface area contributed by atoms with E-state index in [0.717, 1.165) is 0 Å². The SMILES string of the molecule is COc1cc(/C=N/NC(=O)c2cc3cc([N+](=O)[O-])ccc3o2)cc(Cl)c1OCc1ccccc1F. The molecule has 0 bridgehead atoms. The van der Waals surface area contributed by atoms with E-state index in [1.54, 1.807) is 24.3 Å². The molecule has 0 spiro atoms. The van der Waals surface area contributed by atoms with Crippen LogP contribution >= 0.6 is 11.6 Å². The van der Waals surface area contributed by atoms with Crippen molar-refractivity contribution in [3.05, 3.63) is 98.5 Å². The van der Waals surface area contributed by atoms with Crippen molar-refractivity contribution in [2.24, 2.45) is 5.10 Å². The molecule has 1 heterocycles. The number of amides is 1. The maximum atomic E-state index is 13.8. The van der Waals surface area contributed by atoms with Crippen LogP contribution in [0.2, 0.25) is 5.02 Å². The molecule has 0 aliphatic carbocycles. The number of rotatable bonds is 8. The van der Waals surface area contributed by atoms with Crippen molar-refractivity contribution >= 4 is 40.4 Å². The lowest BCUT2D eigenvalue weighted by atomic mass is 10.2. The molecule has 4 aromatic rings. The van der Waals surface area contributed by atoms with Gasteiger partial charge in [0, 0.05) is 23.1 Å². The van der Waals surface area contributed by atoms with Gasteiger partial charge in [0.15, 0.2) is 17.3 Å². The Bertz CT molecular complexity index is 1450. The van der Waals surface area contributed by atoms with E-state index in [-0.39, 0.29) is 28.8 Å². The maximum absolute atomic E-state index is 13.8. The first-order valence-corrected chi connectivity index (χ1v) is 10.5. The van der Waals surface area contributed by atoms with Crippen molar-refractivity contribution in [1.82, 2.24) is 5.43 Å². The van der Waals surface area contributed by atoms with E-state index in [2.05, 4.69) is 10.5 Å². The Labute approximate surface area is 202 Å². The van der Waals surface area contributed by atoms with E-state index in [1.807, 2.05) is 0 Å². The van der Waals surface area contributed by atoms with Crippen LogP contribution < -0.4 is 14.9 Å². The third-order valence-electron chi connectivity index (χ3n) is 4.90. The fraction of sp³-hybridized carbons (Fsp3) is 0.0833. The van der Waals surface area contributed by atoms with Gasteiger partial charge in [-0.25, -0.2) is 9.82 Å². The van der Waals surface area contributed by atoms with Gasteiger partial charge in [0.1, 0.15) is 18.0 Å². The number of non-ortho nitro benzene ring substituents is 1. The average molecular weight is 498 g/mol. The van der Waals surface area contributed by atoms with Crippen LogP contribution in [0.4, 0.5) is 10.1 Å². The lowest BCUT2D eigenvalue weighted by molar-refractivity contribution is -0.384. The van der Waals surface area contributed by atoms with Gasteiger partial charge in [-0.15, -0.1) is 0 Å². The Balaban J connectivity index is 1.45. The maximum Gasteiger partial charge on any atom is 0.307 e. The van der Waals surface area contributed by atoms with Crippen molar-refractivity contribution in [2.75, 3.05) is 7.11 Å². The molecule has 0 atom stereocenters. The minimum absolute atomic E-state index is 0.0487. The number of nitro groups is 1. The summed E-state index contributed by atoms with van der Waals surface area (Å²) in [6.45, 7) is -0.0487. The Kier molecular flexibility index (Phi) is 6.93. The molecule has 11 heteroatoms. The van der Waals surface area contributed by atoms with Crippen LogP contribution in [-0.4, -0.2) is 24.2 Å². The average Bonchev–Trinajstić information content (AvgIpc) is 3.27. The molecule has 0 radical (unpaired) electrons. The van der Waals surface area contributed by atoms with Gasteiger partial charge in [-0.1, -0.05) is 29.8 Å². The minimum atomic E-state index is -0.650. The number of nitrogens with zero attached hydrogens (tertiary/aromatic N) is 2. The van der Waals surface area contributed by atoms with E-state index in [0.29, 0.717) is 27.8 Å². The highest BCUT2D eigenvalue weighted by atomic mass is 35.5. The molecular weight excluding hydrogens is 481 g/mol. The van der Waals surface area contributed by atoms with Crippen molar-refractivity contribution in [3.8, 4) is 11.5 Å². The molecular formula is C24H17ClFN3O6. The molecule has 0 unspecified atom stereocenters. The summed E-state index contributed by atoms with van der Waals surface area (Å²) in [5.74, 6) is -0.589. The largest absolute Gasteiger partial charge is 0.493 e. The summed E-state index contributed by atoms with van der Waals surface area (Å²) in [6, 6.07) is 14.7. The predicted molar refractivity (Wildman–Crippen MR) is 127 cm³/mol. The van der Waals surface area contributed by atoms with Gasteiger partial charge >= 0.3 is 5.91 Å². The first-order valence-electron chi connectivity index (χ1n) is 10.1. The number of furan rings is 1. The Morgan fingerprint density at radius 2 is 2.03 bits per heavy atom. The fourth-order valence-electron chi connectivity index (χ4n) is 3.20. The second-order valence-corrected chi connectivity index (χ2v) is 7.61. The number of nitro benzene ring substituents is 1. The van der Waals surface area contributed by atoms with Crippen LogP contribution in [0.5, 0.6) is 11.5 Å². The zero-order valence-corrected chi connectivity index (χ0v) is 18.9. The molecule has 0 saturated carbocycles. The summed E-state index contributed by atoms with van der Waals surface area (Å²) in [6.07, 6.45) is 1.33. The molecule has 1 aromatic heterocycles. The Morgan fingerprint density at radius 3 is 2.77 bits per heavy atom. The fourth-order valence-corrected chi connectivity index (χ4v) is 3.47. The lowest BCUT2D eigenvalue weighted by Crippen LogP contribution is -2.16. The molecule has 0 aliphatic rings. The summed E-state index contributed by atoms with van der Waals surface area (Å²) in [7, 11) is 1.43. The van der Waals surface area contributed by atoms with E-state index in [9.17, 15) is 19.3 Å². The predicted octanol–water partition coefficient (Wildman–Crippen LogP) is 5.49. The summed E-state index contributed by atoms with van der Waals surface area (Å²) in [4.78, 5) is 22.7. The first-order chi connectivity index (χ1) is 16.9. The molecule has 35 heavy (non-hydrogen) atoms. The van der Waals surface area contributed by atoms with Gasteiger partial charge in [0.25, 0.3) is 5.69 Å². The standard InChI is InChI=1S/C24H17ClFN3O6/c1-33-21-9-14(8-18(25)23(21)34-13-15-4-2-3-5-19(15)26)12-27-28-24(30)22-11-16-10-17(29(31)32)6-7-20(16)35-22/h2-12H,13H2,1H3,(H,28,30)/b27-12+. The van der Waals surface area contributed by atoms with Gasteiger partial charge in [0.05, 0.1) is 23.3 Å². The number of nitrogens with one attached hydrogen (secondary N) is 1. The van der Waals surface area contributed by atoms with Crippen LogP contribution in [0.3, 0.4) is 0 Å². The van der Waals surface area contributed by atoms with Gasteiger partial charge < -0.3 is 13.9 Å². The summed E-state index contributed by atoms with van der Waals surface area (Å²) in [5.41, 5.74) is 3.38. The Hall–Kier alpha value is -4.44. The molecule has 1 amide bonds. The zero-order chi connectivity index (χ0) is 24.9. The second-order valence-electron chi connectivity index (χ2n) is 7.20. The minimum Gasteiger partial charge on any atom is -0.493 e. The van der Waals surface area contributed by atoms with Crippen LogP contribution in [0.15, 0.2) is 70.2 Å². The van der Waals surface area contributed by atoms with E-state index >= 15 is 0 Å². The molecule has 0 aliphatic heterocycles. The molecule has 4 rings (SSSR count). The van der Waals surface area contributed by atoms with Crippen LogP contribution in [0, 0.1) is 15.9 Å². The van der Waals surface area contributed by atoms with Crippen molar-refractivity contribution in [3.63, 3.8) is 0 Å². The highest BCUT2D eigenvalue weighted by Crippen LogP contribution is 2.36. The molecule has 3 aromatic carbocycles. The van der Waals surface area contributed by atoms with Gasteiger partial charge in [-0.2, -0.15) is 5.10 Å². The molecule has 0 saturated heterocycles. The number of halogens is 2. The highest BCUT2D eigenvalue weighted by Gasteiger charge is 2.15. The molecule has 9 nitrogen and oxygen atoms in total. The summed E-state index contributed by atoms with van der Waals surface area (Å²) in [5, 5.41) is 15.4. The van der Waals surface area contributed by atoms with Crippen molar-refractivity contribution < 1.29 is 28.0 Å². The number of hydrazone groups is 1. The van der Waals surface area contributed by atoms with Gasteiger partial charge in [-0.05, 0) is 35.9 Å². The zero-order valence-electron chi connectivity index (χ0n) is 18.2. The molecule has 178 valence electrons. The molecule has 0 fully saturated rings. The molecule has 1 N–H and O–H groups in total. The third-order valence-corrected chi connectivity index (χ3v) is 5.18. The normalized spacial score (nSPS) is 11.1. The van der Waals surface area contributed by atoms with Gasteiger partial charge in [-0.3, -0.25) is 14.9 Å². The summed E-state index contributed by atoms with van der Waals surface area (Å²) >= 11 is 6.33. The second kappa shape index (κ2) is 10.2. The number of carbonyl (C=O) groups excluding carboxylic acids is 1.